The topological polar surface area (TPSA) is 32.8 Å². The van der Waals surface area contributed by atoms with Crippen LogP contribution in [0.3, 0.4) is 0 Å². The lowest BCUT2D eigenvalue weighted by Crippen LogP contribution is -2.50. The molecule has 0 spiro atoms. The highest BCUT2D eigenvalue weighted by molar-refractivity contribution is 5.68. The lowest BCUT2D eigenvalue weighted by molar-refractivity contribution is 0.0240. The number of anilines is 1. The van der Waals surface area contributed by atoms with E-state index in [4.69, 9.17) is 4.74 Å². The highest BCUT2D eigenvalue weighted by Crippen LogP contribution is 2.24. The third-order valence-electron chi connectivity index (χ3n) is 3.19. The molecule has 0 aliphatic carbocycles. The maximum absolute atomic E-state index is 13.7. The standard InChI is InChI=1S/C15H20F2N2O2/c1-15(2,3)21-14(20)19-9-7-18(8-10-19)13-11(16)5-4-6-12(13)17/h4-6H,7-10H2,1-3H3. The van der Waals surface area contributed by atoms with Crippen molar-refractivity contribution in [2.45, 2.75) is 26.4 Å². The smallest absolute Gasteiger partial charge is 0.410 e. The average molecular weight is 298 g/mol. The minimum atomic E-state index is -0.583. The van der Waals surface area contributed by atoms with Gasteiger partial charge in [-0.25, -0.2) is 13.6 Å². The van der Waals surface area contributed by atoms with Crippen molar-refractivity contribution in [1.82, 2.24) is 4.90 Å². The van der Waals surface area contributed by atoms with E-state index < -0.39 is 23.3 Å². The molecule has 1 aromatic rings. The zero-order chi connectivity index (χ0) is 15.6. The molecule has 1 aromatic carbocycles. The fourth-order valence-corrected chi connectivity index (χ4v) is 2.23. The van der Waals surface area contributed by atoms with Gasteiger partial charge in [0.2, 0.25) is 0 Å². The summed E-state index contributed by atoms with van der Waals surface area (Å²) in [6.45, 7) is 6.90. The van der Waals surface area contributed by atoms with Crippen LogP contribution in [0.25, 0.3) is 0 Å². The molecule has 4 nitrogen and oxygen atoms in total. The van der Waals surface area contributed by atoms with Gasteiger partial charge in [0.05, 0.1) is 0 Å². The number of hydrogen-bond acceptors (Lipinski definition) is 3. The van der Waals surface area contributed by atoms with Crippen LogP contribution in [-0.4, -0.2) is 42.8 Å². The van der Waals surface area contributed by atoms with Gasteiger partial charge in [0, 0.05) is 26.2 Å². The summed E-state index contributed by atoms with van der Waals surface area (Å²) in [6, 6.07) is 3.81. The molecule has 1 heterocycles. The van der Waals surface area contributed by atoms with Gasteiger partial charge in [-0.2, -0.15) is 0 Å². The Morgan fingerprint density at radius 1 is 1.10 bits per heavy atom. The highest BCUT2D eigenvalue weighted by atomic mass is 19.1. The molecular weight excluding hydrogens is 278 g/mol. The summed E-state index contributed by atoms with van der Waals surface area (Å²) in [4.78, 5) is 15.1. The minimum absolute atomic E-state index is 0.0265. The monoisotopic (exact) mass is 298 g/mol. The number of carbonyl (C=O) groups excluding carboxylic acids is 1. The number of ether oxygens (including phenoxy) is 1. The van der Waals surface area contributed by atoms with Crippen LogP contribution in [0.2, 0.25) is 0 Å². The van der Waals surface area contributed by atoms with E-state index in [1.165, 1.54) is 18.2 Å². The van der Waals surface area contributed by atoms with Crippen LogP contribution < -0.4 is 4.90 Å². The predicted molar refractivity (Wildman–Crippen MR) is 76.4 cm³/mol. The quantitative estimate of drug-likeness (QED) is 0.799. The Labute approximate surface area is 123 Å². The van der Waals surface area contributed by atoms with Crippen LogP contribution in [0.15, 0.2) is 18.2 Å². The Kier molecular flexibility index (Phi) is 4.34. The first-order chi connectivity index (χ1) is 9.78. The van der Waals surface area contributed by atoms with Gasteiger partial charge < -0.3 is 14.5 Å². The molecule has 0 atom stereocenters. The molecule has 0 N–H and O–H groups in total. The van der Waals surface area contributed by atoms with E-state index >= 15 is 0 Å². The third-order valence-corrected chi connectivity index (χ3v) is 3.19. The first-order valence-electron chi connectivity index (χ1n) is 6.95. The van der Waals surface area contributed by atoms with Gasteiger partial charge in [-0.05, 0) is 32.9 Å². The Bertz CT molecular complexity index is 501. The lowest BCUT2D eigenvalue weighted by atomic mass is 10.2. The maximum atomic E-state index is 13.7. The maximum Gasteiger partial charge on any atom is 0.410 e. The van der Waals surface area contributed by atoms with Crippen LogP contribution in [0.4, 0.5) is 19.3 Å². The van der Waals surface area contributed by atoms with Crippen molar-refractivity contribution < 1.29 is 18.3 Å². The minimum Gasteiger partial charge on any atom is -0.444 e. The largest absolute Gasteiger partial charge is 0.444 e. The zero-order valence-electron chi connectivity index (χ0n) is 12.5. The van der Waals surface area contributed by atoms with E-state index in [0.717, 1.165) is 0 Å². The van der Waals surface area contributed by atoms with Crippen LogP contribution in [0.1, 0.15) is 20.8 Å². The molecule has 2 rings (SSSR count). The van der Waals surface area contributed by atoms with Gasteiger partial charge in [0.25, 0.3) is 0 Å². The average Bonchev–Trinajstić information content (AvgIpc) is 2.37. The van der Waals surface area contributed by atoms with Gasteiger partial charge in [-0.15, -0.1) is 0 Å². The first-order valence-corrected chi connectivity index (χ1v) is 6.95. The summed E-state index contributed by atoms with van der Waals surface area (Å²) < 4.78 is 32.7. The van der Waals surface area contributed by atoms with Crippen LogP contribution in [0, 0.1) is 11.6 Å². The van der Waals surface area contributed by atoms with Gasteiger partial charge in [0.15, 0.2) is 0 Å². The molecule has 0 saturated carbocycles. The third kappa shape index (κ3) is 3.83. The molecule has 1 saturated heterocycles. The summed E-state index contributed by atoms with van der Waals surface area (Å²) in [5.41, 5.74) is -0.576. The predicted octanol–water partition coefficient (Wildman–Crippen LogP) is 3.02. The SMILES string of the molecule is CC(C)(C)OC(=O)N1CCN(c2c(F)cccc2F)CC1. The van der Waals surface area contributed by atoms with Crippen molar-refractivity contribution in [1.29, 1.82) is 0 Å². The summed E-state index contributed by atoms with van der Waals surface area (Å²) in [6.07, 6.45) is -0.392. The van der Waals surface area contributed by atoms with Crippen molar-refractivity contribution in [3.8, 4) is 0 Å². The fraction of sp³-hybridized carbons (Fsp3) is 0.533. The molecule has 1 aliphatic heterocycles. The number of halogens is 2. The number of benzene rings is 1. The summed E-state index contributed by atoms with van der Waals surface area (Å²) in [7, 11) is 0. The van der Waals surface area contributed by atoms with Gasteiger partial charge in [0.1, 0.15) is 22.9 Å². The summed E-state index contributed by atoms with van der Waals surface area (Å²) in [5.74, 6) is -1.17. The van der Waals surface area contributed by atoms with E-state index in [1.54, 1.807) is 30.6 Å². The van der Waals surface area contributed by atoms with Crippen LogP contribution >= 0.6 is 0 Å². The fourth-order valence-electron chi connectivity index (χ4n) is 2.23. The van der Waals surface area contributed by atoms with Crippen molar-refractivity contribution in [3.05, 3.63) is 29.8 Å². The zero-order valence-corrected chi connectivity index (χ0v) is 12.5. The molecule has 0 radical (unpaired) electrons. The van der Waals surface area contributed by atoms with Gasteiger partial charge in [-0.1, -0.05) is 6.07 Å². The molecule has 116 valence electrons. The number of rotatable bonds is 1. The van der Waals surface area contributed by atoms with E-state index in [1.807, 2.05) is 0 Å². The van der Waals surface area contributed by atoms with E-state index in [-0.39, 0.29) is 5.69 Å². The highest BCUT2D eigenvalue weighted by Gasteiger charge is 2.27. The van der Waals surface area contributed by atoms with Gasteiger partial charge >= 0.3 is 6.09 Å². The normalized spacial score (nSPS) is 16.0. The van der Waals surface area contributed by atoms with E-state index in [2.05, 4.69) is 0 Å². The Morgan fingerprint density at radius 2 is 1.62 bits per heavy atom. The van der Waals surface area contributed by atoms with Crippen molar-refractivity contribution in [2.75, 3.05) is 31.1 Å². The first kappa shape index (κ1) is 15.5. The molecule has 1 aliphatic rings. The van der Waals surface area contributed by atoms with E-state index in [0.29, 0.717) is 26.2 Å². The molecule has 0 unspecified atom stereocenters. The summed E-state index contributed by atoms with van der Waals surface area (Å²) >= 11 is 0. The number of carbonyl (C=O) groups is 1. The van der Waals surface area contributed by atoms with Crippen molar-refractivity contribution in [2.24, 2.45) is 0 Å². The molecule has 0 aromatic heterocycles. The van der Waals surface area contributed by atoms with Crippen LogP contribution in [-0.2, 0) is 4.74 Å². The Balaban J connectivity index is 1.99. The Morgan fingerprint density at radius 3 is 2.10 bits per heavy atom. The van der Waals surface area contributed by atoms with Crippen LogP contribution in [0.5, 0.6) is 0 Å². The number of nitrogens with zero attached hydrogens (tertiary/aromatic N) is 2. The molecule has 21 heavy (non-hydrogen) atoms. The molecule has 1 fully saturated rings. The second-order valence-corrected chi connectivity index (χ2v) is 6.02. The molecular formula is C15H20F2N2O2. The summed E-state index contributed by atoms with van der Waals surface area (Å²) in [5, 5.41) is 0. The van der Waals surface area contributed by atoms with E-state index in [9.17, 15) is 13.6 Å². The number of para-hydroxylation sites is 1. The number of hydrogen-bond donors (Lipinski definition) is 0. The molecule has 1 amide bonds. The second-order valence-electron chi connectivity index (χ2n) is 6.02. The van der Waals surface area contributed by atoms with Gasteiger partial charge in [-0.3, -0.25) is 0 Å². The number of amides is 1. The Hall–Kier alpha value is -1.85. The lowest BCUT2D eigenvalue weighted by Gasteiger charge is -2.36. The molecule has 0 bridgehead atoms. The van der Waals surface area contributed by atoms with Crippen molar-refractivity contribution in [3.63, 3.8) is 0 Å². The second kappa shape index (κ2) is 5.87. The number of piperazine rings is 1. The molecule has 6 heteroatoms. The van der Waals surface area contributed by atoms with Crippen molar-refractivity contribution >= 4 is 11.8 Å².